The van der Waals surface area contributed by atoms with E-state index in [2.05, 4.69) is 43.3 Å². The molecule has 3 heteroatoms. The monoisotopic (exact) mass is 412 g/mol. The molecule has 0 saturated carbocycles. The molecule has 0 aliphatic rings. The highest BCUT2D eigenvalue weighted by Crippen LogP contribution is 2.37. The Morgan fingerprint density at radius 1 is 0.594 bits per heavy atom. The third-order valence-electron chi connectivity index (χ3n) is 5.75. The molecule has 152 valence electrons. The normalized spacial score (nSPS) is 11.3. The van der Waals surface area contributed by atoms with Crippen LogP contribution in [-0.4, -0.2) is 9.97 Å². The highest BCUT2D eigenvalue weighted by Gasteiger charge is 2.16. The van der Waals surface area contributed by atoms with Crippen LogP contribution in [0.3, 0.4) is 0 Å². The summed E-state index contributed by atoms with van der Waals surface area (Å²) in [6, 6.07) is 34.9. The number of benzene rings is 4. The van der Waals surface area contributed by atoms with Crippen molar-refractivity contribution in [1.29, 1.82) is 0 Å². The summed E-state index contributed by atoms with van der Waals surface area (Å²) in [5.74, 6) is 0.711. The fourth-order valence-corrected chi connectivity index (χ4v) is 4.21. The van der Waals surface area contributed by atoms with Gasteiger partial charge in [-0.15, -0.1) is 0 Å². The molecule has 0 saturated heterocycles. The first-order chi connectivity index (χ1) is 15.8. The molecular formula is C29H20N2O. The van der Waals surface area contributed by atoms with Crippen molar-refractivity contribution >= 4 is 21.9 Å². The maximum absolute atomic E-state index is 6.16. The van der Waals surface area contributed by atoms with Gasteiger partial charge in [0.05, 0.1) is 11.4 Å². The molecule has 0 atom stereocenters. The first-order valence-corrected chi connectivity index (χ1v) is 10.7. The van der Waals surface area contributed by atoms with E-state index in [1.54, 1.807) is 0 Å². The first kappa shape index (κ1) is 18.5. The summed E-state index contributed by atoms with van der Waals surface area (Å²) in [7, 11) is 0. The molecule has 32 heavy (non-hydrogen) atoms. The van der Waals surface area contributed by atoms with Crippen LogP contribution in [0.2, 0.25) is 0 Å². The molecule has 0 fully saturated rings. The average molecular weight is 412 g/mol. The van der Waals surface area contributed by atoms with Crippen molar-refractivity contribution < 1.29 is 4.42 Å². The van der Waals surface area contributed by atoms with Crippen molar-refractivity contribution in [3.63, 3.8) is 0 Å². The number of nitrogens with zero attached hydrogens (tertiary/aromatic N) is 2. The molecule has 0 N–H and O–H groups in total. The van der Waals surface area contributed by atoms with Gasteiger partial charge in [0, 0.05) is 27.5 Å². The summed E-state index contributed by atoms with van der Waals surface area (Å²) in [5, 5.41) is 2.19. The van der Waals surface area contributed by atoms with E-state index in [-0.39, 0.29) is 0 Å². The van der Waals surface area contributed by atoms with Gasteiger partial charge >= 0.3 is 0 Å². The second kappa shape index (κ2) is 7.47. The second-order valence-electron chi connectivity index (χ2n) is 7.97. The fourth-order valence-electron chi connectivity index (χ4n) is 4.21. The van der Waals surface area contributed by atoms with Crippen LogP contribution in [0.4, 0.5) is 0 Å². The summed E-state index contributed by atoms with van der Waals surface area (Å²) in [4.78, 5) is 9.91. The van der Waals surface area contributed by atoms with E-state index in [4.69, 9.17) is 14.4 Å². The lowest BCUT2D eigenvalue weighted by atomic mass is 10.0. The lowest BCUT2D eigenvalue weighted by Crippen LogP contribution is -1.96. The van der Waals surface area contributed by atoms with Gasteiger partial charge in [0.25, 0.3) is 0 Å². The van der Waals surface area contributed by atoms with Crippen molar-refractivity contribution in [3.05, 3.63) is 109 Å². The summed E-state index contributed by atoms with van der Waals surface area (Å²) in [5.41, 5.74) is 7.84. The molecule has 3 nitrogen and oxygen atoms in total. The van der Waals surface area contributed by atoms with E-state index < -0.39 is 0 Å². The van der Waals surface area contributed by atoms with Crippen LogP contribution in [0.5, 0.6) is 0 Å². The van der Waals surface area contributed by atoms with Crippen LogP contribution in [0.25, 0.3) is 55.8 Å². The third kappa shape index (κ3) is 3.15. The lowest BCUT2D eigenvalue weighted by Gasteiger charge is -2.10. The van der Waals surface area contributed by atoms with E-state index in [1.165, 1.54) is 5.56 Å². The summed E-state index contributed by atoms with van der Waals surface area (Å²) in [6.45, 7) is 2.10. The molecule has 6 rings (SSSR count). The minimum absolute atomic E-state index is 0.711. The molecule has 0 radical (unpaired) electrons. The minimum Gasteiger partial charge on any atom is -0.456 e. The van der Waals surface area contributed by atoms with E-state index >= 15 is 0 Å². The molecule has 0 amide bonds. The van der Waals surface area contributed by atoms with Crippen molar-refractivity contribution in [2.45, 2.75) is 6.92 Å². The first-order valence-electron chi connectivity index (χ1n) is 10.7. The predicted octanol–water partition coefficient (Wildman–Crippen LogP) is 7.69. The van der Waals surface area contributed by atoms with Gasteiger partial charge in [-0.05, 0) is 31.2 Å². The number of aryl methyl sites for hydroxylation is 1. The molecule has 0 aliphatic heterocycles. The van der Waals surface area contributed by atoms with Crippen LogP contribution < -0.4 is 0 Å². The number of hydrogen-bond acceptors (Lipinski definition) is 3. The van der Waals surface area contributed by atoms with Gasteiger partial charge in [0.2, 0.25) is 0 Å². The number of rotatable bonds is 3. The molecule has 0 aliphatic carbocycles. The van der Waals surface area contributed by atoms with E-state index in [0.29, 0.717) is 5.82 Å². The average Bonchev–Trinajstić information content (AvgIpc) is 3.23. The molecule has 2 heterocycles. The topological polar surface area (TPSA) is 38.9 Å². The van der Waals surface area contributed by atoms with Gasteiger partial charge in [-0.2, -0.15) is 0 Å². The van der Waals surface area contributed by atoms with Crippen LogP contribution in [0, 0.1) is 6.92 Å². The molecule has 4 aromatic carbocycles. The highest BCUT2D eigenvalue weighted by molar-refractivity contribution is 6.12. The quantitative estimate of drug-likeness (QED) is 0.299. The summed E-state index contributed by atoms with van der Waals surface area (Å²) in [6.07, 6.45) is 0. The second-order valence-corrected chi connectivity index (χ2v) is 7.97. The maximum atomic E-state index is 6.16. The predicted molar refractivity (Wildman–Crippen MR) is 130 cm³/mol. The van der Waals surface area contributed by atoms with E-state index in [9.17, 15) is 0 Å². The van der Waals surface area contributed by atoms with Crippen molar-refractivity contribution in [3.8, 4) is 33.9 Å². The van der Waals surface area contributed by atoms with Crippen LogP contribution in [-0.2, 0) is 0 Å². The Kier molecular flexibility index (Phi) is 4.32. The maximum Gasteiger partial charge on any atom is 0.160 e. The Morgan fingerprint density at radius 3 is 2.09 bits per heavy atom. The number of aromatic nitrogens is 2. The number of hydrogen-bond donors (Lipinski definition) is 0. The van der Waals surface area contributed by atoms with Gasteiger partial charge in [-0.25, -0.2) is 9.97 Å². The summed E-state index contributed by atoms with van der Waals surface area (Å²) >= 11 is 0. The molecule has 0 bridgehead atoms. The van der Waals surface area contributed by atoms with Gasteiger partial charge in [-0.3, -0.25) is 0 Å². The zero-order valence-corrected chi connectivity index (χ0v) is 17.6. The van der Waals surface area contributed by atoms with Gasteiger partial charge in [-0.1, -0.05) is 84.4 Å². The lowest BCUT2D eigenvalue weighted by molar-refractivity contribution is 0.669. The third-order valence-corrected chi connectivity index (χ3v) is 5.75. The van der Waals surface area contributed by atoms with Crippen molar-refractivity contribution in [2.75, 3.05) is 0 Å². The fraction of sp³-hybridized carbons (Fsp3) is 0.0345. The van der Waals surface area contributed by atoms with Crippen LogP contribution in [0.15, 0.2) is 108 Å². The zero-order chi connectivity index (χ0) is 21.5. The Hall–Kier alpha value is -4.24. The number of furan rings is 1. The van der Waals surface area contributed by atoms with Crippen LogP contribution in [0.1, 0.15) is 5.56 Å². The van der Waals surface area contributed by atoms with E-state index in [1.807, 2.05) is 66.7 Å². The SMILES string of the molecule is Cc1ccc2oc3cccc(-c4cc(-c5ccccc5)nc(-c5ccccc5)n4)c3c2c1. The minimum atomic E-state index is 0.711. The molecule has 6 aromatic rings. The standard InChI is InChI=1S/C29H20N2O/c1-19-15-16-26-23(17-19)28-22(13-8-14-27(28)32-26)25-18-24(20-9-4-2-5-10-20)30-29(31-25)21-11-6-3-7-12-21/h2-18H,1H3. The highest BCUT2D eigenvalue weighted by atomic mass is 16.3. The number of fused-ring (bicyclic) bond motifs is 3. The Balaban J connectivity index is 1.66. The molecule has 2 aromatic heterocycles. The van der Waals surface area contributed by atoms with E-state index in [0.717, 1.165) is 50.0 Å². The van der Waals surface area contributed by atoms with Crippen molar-refractivity contribution in [1.82, 2.24) is 9.97 Å². The molecule has 0 spiro atoms. The largest absolute Gasteiger partial charge is 0.456 e. The van der Waals surface area contributed by atoms with Gasteiger partial charge in [0.15, 0.2) is 5.82 Å². The zero-order valence-electron chi connectivity index (χ0n) is 17.6. The van der Waals surface area contributed by atoms with Gasteiger partial charge < -0.3 is 4.42 Å². The molecular weight excluding hydrogens is 392 g/mol. The molecule has 0 unspecified atom stereocenters. The summed E-state index contributed by atoms with van der Waals surface area (Å²) < 4.78 is 6.16. The van der Waals surface area contributed by atoms with Crippen LogP contribution >= 0.6 is 0 Å². The Morgan fingerprint density at radius 2 is 1.31 bits per heavy atom. The van der Waals surface area contributed by atoms with Gasteiger partial charge in [0.1, 0.15) is 11.2 Å². The van der Waals surface area contributed by atoms with Crippen molar-refractivity contribution in [2.24, 2.45) is 0 Å². The Labute approximate surface area is 186 Å². The Bertz CT molecular complexity index is 1510. The smallest absolute Gasteiger partial charge is 0.160 e.